The third-order valence-corrected chi connectivity index (χ3v) is 4.96. The molecule has 2 atom stereocenters. The highest BCUT2D eigenvalue weighted by Gasteiger charge is 2.39. The lowest BCUT2D eigenvalue weighted by atomic mass is 9.76. The molecule has 1 fully saturated rings. The third kappa shape index (κ3) is 2.92. The summed E-state index contributed by atoms with van der Waals surface area (Å²) in [7, 11) is 0. The molecule has 2 unspecified atom stereocenters. The molecule has 1 aliphatic carbocycles. The Bertz CT molecular complexity index is 329. The van der Waals surface area contributed by atoms with Crippen molar-refractivity contribution in [3.05, 3.63) is 22.4 Å². The van der Waals surface area contributed by atoms with Crippen molar-refractivity contribution in [3.63, 3.8) is 0 Å². The predicted molar refractivity (Wildman–Crippen MR) is 76.5 cm³/mol. The van der Waals surface area contributed by atoms with Gasteiger partial charge in [0.25, 0.3) is 0 Å². The lowest BCUT2D eigenvalue weighted by Gasteiger charge is -2.34. The van der Waals surface area contributed by atoms with Gasteiger partial charge in [-0.15, -0.1) is 0 Å². The molecule has 0 radical (unpaired) electrons. The van der Waals surface area contributed by atoms with Crippen molar-refractivity contribution in [1.29, 1.82) is 0 Å². The van der Waals surface area contributed by atoms with Crippen LogP contribution in [0.15, 0.2) is 16.8 Å². The molecule has 1 heterocycles. The average Bonchev–Trinajstić information content (AvgIpc) is 2.90. The van der Waals surface area contributed by atoms with Crippen LogP contribution in [0.5, 0.6) is 0 Å². The SMILES string of the molecule is CCCNC(c1ccsc1)C1CCCC1(C)C. The van der Waals surface area contributed by atoms with Crippen molar-refractivity contribution in [1.82, 2.24) is 5.32 Å². The van der Waals surface area contributed by atoms with Gasteiger partial charge in [0.05, 0.1) is 0 Å². The molecule has 0 aromatic carbocycles. The van der Waals surface area contributed by atoms with E-state index in [-0.39, 0.29) is 0 Å². The second kappa shape index (κ2) is 5.53. The van der Waals surface area contributed by atoms with Crippen LogP contribution in [0.2, 0.25) is 0 Å². The van der Waals surface area contributed by atoms with Gasteiger partial charge in [0.1, 0.15) is 0 Å². The van der Waals surface area contributed by atoms with Crippen molar-refractivity contribution < 1.29 is 0 Å². The topological polar surface area (TPSA) is 12.0 Å². The minimum atomic E-state index is 0.493. The summed E-state index contributed by atoms with van der Waals surface area (Å²) in [6.07, 6.45) is 5.37. The van der Waals surface area contributed by atoms with Crippen LogP contribution in [0.4, 0.5) is 0 Å². The number of nitrogens with one attached hydrogen (secondary N) is 1. The molecule has 17 heavy (non-hydrogen) atoms. The standard InChI is InChI=1S/C15H25NS/c1-4-9-16-14(12-7-10-17-11-12)13-6-5-8-15(13,2)3/h7,10-11,13-14,16H,4-6,8-9H2,1-3H3. The molecule has 1 nitrogen and oxygen atoms in total. The molecule has 0 bridgehead atoms. The van der Waals surface area contributed by atoms with Crippen LogP contribution < -0.4 is 5.32 Å². The van der Waals surface area contributed by atoms with Crippen LogP contribution in [-0.4, -0.2) is 6.54 Å². The average molecular weight is 251 g/mol. The summed E-state index contributed by atoms with van der Waals surface area (Å²) in [5, 5.41) is 8.30. The van der Waals surface area contributed by atoms with E-state index in [1.54, 1.807) is 0 Å². The van der Waals surface area contributed by atoms with Gasteiger partial charge in [-0.2, -0.15) is 11.3 Å². The van der Waals surface area contributed by atoms with Gasteiger partial charge in [0.2, 0.25) is 0 Å². The second-order valence-electron chi connectivity index (χ2n) is 5.98. The third-order valence-electron chi connectivity index (χ3n) is 4.26. The lowest BCUT2D eigenvalue weighted by molar-refractivity contribution is 0.198. The Morgan fingerprint density at radius 2 is 2.35 bits per heavy atom. The first-order valence-electron chi connectivity index (χ1n) is 6.90. The van der Waals surface area contributed by atoms with Gasteiger partial charge >= 0.3 is 0 Å². The maximum Gasteiger partial charge on any atom is 0.0362 e. The monoisotopic (exact) mass is 251 g/mol. The minimum Gasteiger partial charge on any atom is -0.310 e. The highest BCUT2D eigenvalue weighted by molar-refractivity contribution is 7.07. The van der Waals surface area contributed by atoms with E-state index in [4.69, 9.17) is 0 Å². The number of thiophene rings is 1. The summed E-state index contributed by atoms with van der Waals surface area (Å²) in [4.78, 5) is 0. The summed E-state index contributed by atoms with van der Waals surface area (Å²) in [5.41, 5.74) is 2.00. The number of hydrogen-bond acceptors (Lipinski definition) is 2. The van der Waals surface area contributed by atoms with Crippen LogP contribution in [-0.2, 0) is 0 Å². The van der Waals surface area contributed by atoms with E-state index in [2.05, 4.69) is 42.9 Å². The zero-order valence-electron chi connectivity index (χ0n) is 11.3. The molecular weight excluding hydrogens is 226 g/mol. The first-order valence-corrected chi connectivity index (χ1v) is 7.85. The van der Waals surface area contributed by atoms with E-state index in [1.165, 1.54) is 31.2 Å². The molecule has 2 heteroatoms. The van der Waals surface area contributed by atoms with Crippen LogP contribution >= 0.6 is 11.3 Å². The summed E-state index contributed by atoms with van der Waals surface area (Å²) < 4.78 is 0. The molecule has 0 saturated heterocycles. The van der Waals surface area contributed by atoms with Crippen molar-refractivity contribution >= 4 is 11.3 Å². The maximum atomic E-state index is 3.78. The van der Waals surface area contributed by atoms with E-state index in [1.807, 2.05) is 11.3 Å². The molecule has 0 aliphatic heterocycles. The van der Waals surface area contributed by atoms with Crippen molar-refractivity contribution in [3.8, 4) is 0 Å². The second-order valence-corrected chi connectivity index (χ2v) is 6.76. The largest absolute Gasteiger partial charge is 0.310 e. The Balaban J connectivity index is 2.15. The van der Waals surface area contributed by atoms with Gasteiger partial charge in [-0.05, 0) is 59.5 Å². The highest BCUT2D eigenvalue weighted by atomic mass is 32.1. The molecule has 1 N–H and O–H groups in total. The van der Waals surface area contributed by atoms with Crippen LogP contribution in [0.25, 0.3) is 0 Å². The lowest BCUT2D eigenvalue weighted by Crippen LogP contribution is -2.34. The summed E-state index contributed by atoms with van der Waals surface area (Å²) in [6.45, 7) is 8.26. The van der Waals surface area contributed by atoms with E-state index < -0.39 is 0 Å². The first-order chi connectivity index (χ1) is 8.15. The van der Waals surface area contributed by atoms with Crippen LogP contribution in [0.3, 0.4) is 0 Å². The van der Waals surface area contributed by atoms with Gasteiger partial charge in [0, 0.05) is 6.04 Å². The van der Waals surface area contributed by atoms with Crippen molar-refractivity contribution in [2.24, 2.45) is 11.3 Å². The van der Waals surface area contributed by atoms with Gasteiger partial charge in [0.15, 0.2) is 0 Å². The Labute approximate surface area is 110 Å². The Morgan fingerprint density at radius 1 is 1.53 bits per heavy atom. The molecule has 0 spiro atoms. The predicted octanol–water partition coefficient (Wildman–Crippen LogP) is 4.62. The smallest absolute Gasteiger partial charge is 0.0362 e. The minimum absolute atomic E-state index is 0.493. The Morgan fingerprint density at radius 3 is 2.88 bits per heavy atom. The summed E-state index contributed by atoms with van der Waals surface area (Å²) in [5.74, 6) is 0.795. The number of hydrogen-bond donors (Lipinski definition) is 1. The van der Waals surface area contributed by atoms with Gasteiger partial charge in [-0.25, -0.2) is 0 Å². The maximum absolute atomic E-state index is 3.78. The quantitative estimate of drug-likeness (QED) is 0.805. The Kier molecular flexibility index (Phi) is 4.26. The molecule has 0 amide bonds. The number of rotatable bonds is 5. The fourth-order valence-corrected chi connectivity index (χ4v) is 3.91. The van der Waals surface area contributed by atoms with Crippen LogP contribution in [0.1, 0.15) is 58.1 Å². The molecular formula is C15H25NS. The molecule has 1 aromatic heterocycles. The molecule has 2 rings (SSSR count). The van der Waals surface area contributed by atoms with E-state index in [9.17, 15) is 0 Å². The zero-order valence-corrected chi connectivity index (χ0v) is 12.1. The van der Waals surface area contributed by atoms with Crippen molar-refractivity contribution in [2.45, 2.75) is 52.5 Å². The zero-order chi connectivity index (χ0) is 12.3. The van der Waals surface area contributed by atoms with E-state index in [0.717, 1.165) is 12.5 Å². The van der Waals surface area contributed by atoms with Gasteiger partial charge < -0.3 is 5.32 Å². The first kappa shape index (κ1) is 13.1. The fraction of sp³-hybridized carbons (Fsp3) is 0.733. The van der Waals surface area contributed by atoms with Crippen LogP contribution in [0, 0.1) is 11.3 Å². The van der Waals surface area contributed by atoms with E-state index in [0.29, 0.717) is 11.5 Å². The molecule has 96 valence electrons. The fourth-order valence-electron chi connectivity index (χ4n) is 3.22. The summed E-state index contributed by atoms with van der Waals surface area (Å²) in [6, 6.07) is 2.87. The highest BCUT2D eigenvalue weighted by Crippen LogP contribution is 2.48. The molecule has 1 aromatic rings. The molecule has 1 saturated carbocycles. The van der Waals surface area contributed by atoms with E-state index >= 15 is 0 Å². The Hall–Kier alpha value is -0.340. The molecule has 1 aliphatic rings. The van der Waals surface area contributed by atoms with Gasteiger partial charge in [-0.1, -0.05) is 27.2 Å². The summed E-state index contributed by atoms with van der Waals surface area (Å²) >= 11 is 1.82. The van der Waals surface area contributed by atoms with Gasteiger partial charge in [-0.3, -0.25) is 0 Å². The normalized spacial score (nSPS) is 25.0. The van der Waals surface area contributed by atoms with Crippen molar-refractivity contribution in [2.75, 3.05) is 6.54 Å².